The molecule has 1 heterocycles. The highest BCUT2D eigenvalue weighted by molar-refractivity contribution is 5.98. The van der Waals surface area contributed by atoms with Gasteiger partial charge in [-0.2, -0.15) is 0 Å². The molecule has 2 aromatic rings. The van der Waals surface area contributed by atoms with Crippen LogP contribution in [-0.2, 0) is 0 Å². The van der Waals surface area contributed by atoms with Crippen LogP contribution in [0, 0.1) is 6.92 Å². The van der Waals surface area contributed by atoms with Crippen LogP contribution >= 0.6 is 0 Å². The van der Waals surface area contributed by atoms with Crippen LogP contribution < -0.4 is 10.1 Å². The van der Waals surface area contributed by atoms with Crippen molar-refractivity contribution in [3.05, 3.63) is 42.6 Å². The molecule has 0 amide bonds. The van der Waals surface area contributed by atoms with Crippen molar-refractivity contribution in [2.45, 2.75) is 6.92 Å². The summed E-state index contributed by atoms with van der Waals surface area (Å²) in [5.41, 5.74) is 3.14. The molecule has 0 fully saturated rings. The molecular weight excluding hydrogens is 212 g/mol. The fourth-order valence-corrected chi connectivity index (χ4v) is 1.87. The summed E-state index contributed by atoms with van der Waals surface area (Å²) in [6, 6.07) is 5.94. The summed E-state index contributed by atoms with van der Waals surface area (Å²) in [6.45, 7) is 6.47. The number of nitrogens with one attached hydrogen (secondary N) is 1. The topological polar surface area (TPSA) is 34.2 Å². The average molecular weight is 228 g/mol. The fraction of sp³-hybridized carbons (Fsp3) is 0.214. The number of anilines is 1. The number of fused-ring (bicyclic) bond motifs is 1. The van der Waals surface area contributed by atoms with Gasteiger partial charge in [-0.05, 0) is 24.6 Å². The first-order chi connectivity index (χ1) is 8.27. The maximum absolute atomic E-state index is 5.40. The standard InChI is InChI=1S/C14H16N2O/c1-4-8-15-11-7-9-16-14-10(2)5-6-12(17-3)13(11)14/h4-7,9H,1,8H2,2-3H3,(H,15,16). The van der Waals surface area contributed by atoms with E-state index in [1.807, 2.05) is 31.2 Å². The van der Waals surface area contributed by atoms with E-state index in [1.165, 1.54) is 0 Å². The second-order valence-corrected chi connectivity index (χ2v) is 3.84. The van der Waals surface area contributed by atoms with Crippen molar-refractivity contribution >= 4 is 16.6 Å². The number of hydrogen-bond donors (Lipinski definition) is 1. The van der Waals surface area contributed by atoms with Crippen LogP contribution in [0.3, 0.4) is 0 Å². The van der Waals surface area contributed by atoms with Crippen molar-refractivity contribution < 1.29 is 4.74 Å². The Morgan fingerprint density at radius 1 is 1.41 bits per heavy atom. The third-order valence-corrected chi connectivity index (χ3v) is 2.71. The number of benzene rings is 1. The van der Waals surface area contributed by atoms with Gasteiger partial charge in [0.25, 0.3) is 0 Å². The molecule has 0 unspecified atom stereocenters. The molecule has 88 valence electrons. The van der Waals surface area contributed by atoms with Gasteiger partial charge in [0.1, 0.15) is 5.75 Å². The van der Waals surface area contributed by atoms with Gasteiger partial charge in [-0.15, -0.1) is 6.58 Å². The van der Waals surface area contributed by atoms with E-state index >= 15 is 0 Å². The highest BCUT2D eigenvalue weighted by atomic mass is 16.5. The Labute approximate surface area is 101 Å². The first-order valence-corrected chi connectivity index (χ1v) is 5.55. The minimum Gasteiger partial charge on any atom is -0.496 e. The minimum absolute atomic E-state index is 0.718. The molecular formula is C14H16N2O. The monoisotopic (exact) mass is 228 g/mol. The van der Waals surface area contributed by atoms with Crippen LogP contribution in [0.1, 0.15) is 5.56 Å². The lowest BCUT2D eigenvalue weighted by Gasteiger charge is -2.12. The molecule has 17 heavy (non-hydrogen) atoms. The van der Waals surface area contributed by atoms with Gasteiger partial charge in [-0.3, -0.25) is 4.98 Å². The van der Waals surface area contributed by atoms with Crippen LogP contribution in [0.2, 0.25) is 0 Å². The fourth-order valence-electron chi connectivity index (χ4n) is 1.87. The van der Waals surface area contributed by atoms with E-state index < -0.39 is 0 Å². The van der Waals surface area contributed by atoms with Crippen molar-refractivity contribution in [1.29, 1.82) is 0 Å². The van der Waals surface area contributed by atoms with E-state index in [0.29, 0.717) is 0 Å². The molecule has 0 aliphatic carbocycles. The number of hydrogen-bond acceptors (Lipinski definition) is 3. The number of aromatic nitrogens is 1. The Hall–Kier alpha value is -2.03. The summed E-state index contributed by atoms with van der Waals surface area (Å²) in [4.78, 5) is 4.41. The maximum atomic E-state index is 5.40. The van der Waals surface area contributed by atoms with E-state index in [2.05, 4.69) is 16.9 Å². The summed E-state index contributed by atoms with van der Waals surface area (Å²) >= 11 is 0. The zero-order valence-corrected chi connectivity index (χ0v) is 10.2. The van der Waals surface area contributed by atoms with Crippen molar-refractivity contribution in [2.24, 2.45) is 0 Å². The molecule has 0 spiro atoms. The first kappa shape index (κ1) is 11.5. The molecule has 3 heteroatoms. The van der Waals surface area contributed by atoms with Gasteiger partial charge < -0.3 is 10.1 Å². The summed E-state index contributed by atoms with van der Waals surface area (Å²) in [6.07, 6.45) is 3.63. The number of nitrogens with zero attached hydrogens (tertiary/aromatic N) is 1. The molecule has 0 aliphatic heterocycles. The van der Waals surface area contributed by atoms with Gasteiger partial charge >= 0.3 is 0 Å². The molecule has 1 aromatic heterocycles. The SMILES string of the molecule is C=CCNc1ccnc2c(C)ccc(OC)c12. The molecule has 0 bridgehead atoms. The van der Waals surface area contributed by atoms with Crippen molar-refractivity contribution in [1.82, 2.24) is 4.98 Å². The van der Waals surface area contributed by atoms with Crippen LogP contribution in [-0.4, -0.2) is 18.6 Å². The van der Waals surface area contributed by atoms with Gasteiger partial charge in [0.15, 0.2) is 0 Å². The largest absolute Gasteiger partial charge is 0.496 e. The summed E-state index contributed by atoms with van der Waals surface area (Å²) in [5, 5.41) is 4.33. The second kappa shape index (κ2) is 4.87. The zero-order valence-electron chi connectivity index (χ0n) is 10.2. The van der Waals surface area contributed by atoms with Crippen molar-refractivity contribution in [3.8, 4) is 5.75 Å². The lowest BCUT2D eigenvalue weighted by Crippen LogP contribution is -2.00. The third kappa shape index (κ3) is 2.09. The van der Waals surface area contributed by atoms with E-state index in [4.69, 9.17) is 4.74 Å². The predicted octanol–water partition coefficient (Wildman–Crippen LogP) is 3.15. The van der Waals surface area contributed by atoms with E-state index in [9.17, 15) is 0 Å². The number of pyridine rings is 1. The van der Waals surface area contributed by atoms with Crippen LogP contribution in [0.5, 0.6) is 5.75 Å². The summed E-state index contributed by atoms with van der Waals surface area (Å²) < 4.78 is 5.40. The molecule has 3 nitrogen and oxygen atoms in total. The molecule has 0 saturated heterocycles. The minimum atomic E-state index is 0.718. The van der Waals surface area contributed by atoms with Gasteiger partial charge in [0.05, 0.1) is 18.0 Å². The number of ether oxygens (including phenoxy) is 1. The Kier molecular flexibility index (Phi) is 3.28. The number of methoxy groups -OCH3 is 1. The predicted molar refractivity (Wildman–Crippen MR) is 71.7 cm³/mol. The molecule has 0 aliphatic rings. The molecule has 2 rings (SSSR count). The van der Waals surface area contributed by atoms with E-state index in [1.54, 1.807) is 13.3 Å². The van der Waals surface area contributed by atoms with E-state index in [0.717, 1.165) is 34.4 Å². The number of rotatable bonds is 4. The summed E-state index contributed by atoms with van der Waals surface area (Å²) in [5.74, 6) is 0.838. The van der Waals surface area contributed by atoms with Crippen molar-refractivity contribution in [2.75, 3.05) is 19.0 Å². The molecule has 1 N–H and O–H groups in total. The van der Waals surface area contributed by atoms with E-state index in [-0.39, 0.29) is 0 Å². The first-order valence-electron chi connectivity index (χ1n) is 5.55. The molecule has 0 saturated carbocycles. The Morgan fingerprint density at radius 2 is 2.24 bits per heavy atom. The number of aryl methyl sites for hydroxylation is 1. The van der Waals surface area contributed by atoms with Crippen LogP contribution in [0.15, 0.2) is 37.1 Å². The molecule has 1 aromatic carbocycles. The Bertz CT molecular complexity index is 549. The smallest absolute Gasteiger partial charge is 0.130 e. The Morgan fingerprint density at radius 3 is 2.94 bits per heavy atom. The van der Waals surface area contributed by atoms with Crippen LogP contribution in [0.4, 0.5) is 5.69 Å². The second-order valence-electron chi connectivity index (χ2n) is 3.84. The van der Waals surface area contributed by atoms with Crippen LogP contribution in [0.25, 0.3) is 10.9 Å². The zero-order chi connectivity index (χ0) is 12.3. The third-order valence-electron chi connectivity index (χ3n) is 2.71. The lowest BCUT2D eigenvalue weighted by molar-refractivity contribution is 0.420. The maximum Gasteiger partial charge on any atom is 0.130 e. The van der Waals surface area contributed by atoms with Gasteiger partial charge in [-0.1, -0.05) is 12.1 Å². The van der Waals surface area contributed by atoms with Crippen molar-refractivity contribution in [3.63, 3.8) is 0 Å². The van der Waals surface area contributed by atoms with Gasteiger partial charge in [0.2, 0.25) is 0 Å². The normalized spacial score (nSPS) is 10.2. The molecule has 0 atom stereocenters. The average Bonchev–Trinajstić information content (AvgIpc) is 2.37. The summed E-state index contributed by atoms with van der Waals surface area (Å²) in [7, 11) is 1.67. The highest BCUT2D eigenvalue weighted by Crippen LogP contribution is 2.32. The highest BCUT2D eigenvalue weighted by Gasteiger charge is 2.09. The quantitative estimate of drug-likeness (QED) is 0.816. The molecule has 0 radical (unpaired) electrons. The van der Waals surface area contributed by atoms with Gasteiger partial charge in [-0.25, -0.2) is 0 Å². The Balaban J connectivity index is 2.67. The van der Waals surface area contributed by atoms with Gasteiger partial charge in [0, 0.05) is 18.4 Å². The lowest BCUT2D eigenvalue weighted by atomic mass is 10.1.